The van der Waals surface area contributed by atoms with Crippen molar-refractivity contribution in [2.75, 3.05) is 13.7 Å². The number of halogens is 3. The fourth-order valence-corrected chi connectivity index (χ4v) is 2.08. The largest absolute Gasteiger partial charge is 0.381 e. The summed E-state index contributed by atoms with van der Waals surface area (Å²) < 4.78 is 45.2. The maximum absolute atomic E-state index is 13.9. The number of ether oxygens (including phenoxy) is 1. The van der Waals surface area contributed by atoms with E-state index in [1.54, 1.807) is 30.3 Å². The Kier molecular flexibility index (Phi) is 4.11. The maximum Gasteiger partial charge on any atom is 0.194 e. The summed E-state index contributed by atoms with van der Waals surface area (Å²) >= 11 is 0. The van der Waals surface area contributed by atoms with Gasteiger partial charge in [-0.3, -0.25) is 0 Å². The third-order valence-electron chi connectivity index (χ3n) is 3.09. The van der Waals surface area contributed by atoms with Gasteiger partial charge >= 0.3 is 0 Å². The molecule has 0 saturated heterocycles. The molecule has 0 bridgehead atoms. The van der Waals surface area contributed by atoms with Crippen molar-refractivity contribution in [3.05, 3.63) is 71.0 Å². The first kappa shape index (κ1) is 14.6. The summed E-state index contributed by atoms with van der Waals surface area (Å²) in [5.74, 6) is -4.35. The zero-order valence-corrected chi connectivity index (χ0v) is 10.7. The van der Waals surface area contributed by atoms with Gasteiger partial charge in [0, 0.05) is 12.7 Å². The summed E-state index contributed by atoms with van der Waals surface area (Å²) in [5.41, 5.74) is -1.94. The highest BCUT2D eigenvalue weighted by molar-refractivity contribution is 5.37. The minimum absolute atomic E-state index is 0.293. The second-order valence-corrected chi connectivity index (χ2v) is 4.38. The van der Waals surface area contributed by atoms with Crippen LogP contribution < -0.4 is 0 Å². The van der Waals surface area contributed by atoms with Crippen molar-refractivity contribution in [3.63, 3.8) is 0 Å². The molecule has 2 aromatic rings. The van der Waals surface area contributed by atoms with Crippen molar-refractivity contribution in [2.24, 2.45) is 0 Å². The SMILES string of the molecule is COCC(O)(c1ccccc1)c1ccc(F)c(F)c1F. The highest BCUT2D eigenvalue weighted by Gasteiger charge is 2.36. The van der Waals surface area contributed by atoms with Crippen LogP contribution in [0.4, 0.5) is 13.2 Å². The Balaban J connectivity index is 2.63. The van der Waals surface area contributed by atoms with Crippen LogP contribution in [0.2, 0.25) is 0 Å². The molecule has 0 amide bonds. The number of methoxy groups -OCH3 is 1. The first-order valence-electron chi connectivity index (χ1n) is 5.91. The average molecular weight is 282 g/mol. The molecule has 2 nitrogen and oxygen atoms in total. The molecule has 1 N–H and O–H groups in total. The van der Waals surface area contributed by atoms with Crippen molar-refractivity contribution in [2.45, 2.75) is 5.60 Å². The predicted molar refractivity (Wildman–Crippen MR) is 67.6 cm³/mol. The van der Waals surface area contributed by atoms with Crippen LogP contribution in [0, 0.1) is 17.5 Å². The van der Waals surface area contributed by atoms with E-state index >= 15 is 0 Å². The molecule has 5 heteroatoms. The molecule has 106 valence electrons. The van der Waals surface area contributed by atoms with E-state index in [4.69, 9.17) is 4.74 Å². The van der Waals surface area contributed by atoms with Crippen molar-refractivity contribution in [3.8, 4) is 0 Å². The zero-order valence-electron chi connectivity index (χ0n) is 10.7. The summed E-state index contributed by atoms with van der Waals surface area (Å²) in [6, 6.07) is 9.91. The van der Waals surface area contributed by atoms with Crippen molar-refractivity contribution in [1.29, 1.82) is 0 Å². The molecule has 0 aliphatic rings. The Labute approximate surface area is 114 Å². The van der Waals surface area contributed by atoms with Crippen LogP contribution in [0.25, 0.3) is 0 Å². The van der Waals surface area contributed by atoms with Crippen molar-refractivity contribution < 1.29 is 23.0 Å². The summed E-state index contributed by atoms with van der Waals surface area (Å²) in [6.45, 7) is -0.293. The molecular weight excluding hydrogens is 269 g/mol. The monoisotopic (exact) mass is 282 g/mol. The van der Waals surface area contributed by atoms with E-state index in [0.29, 0.717) is 5.56 Å². The molecule has 0 heterocycles. The number of hydrogen-bond acceptors (Lipinski definition) is 2. The van der Waals surface area contributed by atoms with Gasteiger partial charge in [0.15, 0.2) is 17.5 Å². The Hall–Kier alpha value is -1.85. The summed E-state index contributed by atoms with van der Waals surface area (Å²) in [5, 5.41) is 10.7. The van der Waals surface area contributed by atoms with Gasteiger partial charge in [-0.2, -0.15) is 0 Å². The average Bonchev–Trinajstić information content (AvgIpc) is 2.46. The fourth-order valence-electron chi connectivity index (χ4n) is 2.08. The lowest BCUT2D eigenvalue weighted by Gasteiger charge is -2.29. The van der Waals surface area contributed by atoms with Gasteiger partial charge in [0.25, 0.3) is 0 Å². The molecule has 0 spiro atoms. The normalized spacial score (nSPS) is 14.1. The number of hydrogen-bond donors (Lipinski definition) is 1. The Morgan fingerprint density at radius 3 is 2.25 bits per heavy atom. The molecule has 0 aromatic heterocycles. The Morgan fingerprint density at radius 2 is 1.65 bits per heavy atom. The van der Waals surface area contributed by atoms with Crippen LogP contribution in [-0.4, -0.2) is 18.8 Å². The number of benzene rings is 2. The van der Waals surface area contributed by atoms with E-state index in [-0.39, 0.29) is 12.2 Å². The van der Waals surface area contributed by atoms with E-state index in [0.717, 1.165) is 12.1 Å². The number of aliphatic hydroxyl groups is 1. The molecule has 0 radical (unpaired) electrons. The molecule has 0 aliphatic carbocycles. The molecule has 2 aromatic carbocycles. The molecule has 1 unspecified atom stereocenters. The molecule has 1 atom stereocenters. The molecule has 2 rings (SSSR count). The summed E-state index contributed by atoms with van der Waals surface area (Å²) in [7, 11) is 1.33. The lowest BCUT2D eigenvalue weighted by Crippen LogP contribution is -2.34. The van der Waals surface area contributed by atoms with Gasteiger partial charge in [0.05, 0.1) is 6.61 Å². The van der Waals surface area contributed by atoms with Gasteiger partial charge in [-0.05, 0) is 17.7 Å². The lowest BCUT2D eigenvalue weighted by atomic mass is 9.86. The molecular formula is C15H13F3O2. The van der Waals surface area contributed by atoms with Crippen molar-refractivity contribution >= 4 is 0 Å². The lowest BCUT2D eigenvalue weighted by molar-refractivity contribution is -0.00623. The smallest absolute Gasteiger partial charge is 0.194 e. The van der Waals surface area contributed by atoms with E-state index in [9.17, 15) is 18.3 Å². The summed E-state index contributed by atoms with van der Waals surface area (Å²) in [6.07, 6.45) is 0. The second-order valence-electron chi connectivity index (χ2n) is 4.38. The highest BCUT2D eigenvalue weighted by Crippen LogP contribution is 2.33. The Morgan fingerprint density at radius 1 is 1.00 bits per heavy atom. The third-order valence-corrected chi connectivity index (χ3v) is 3.09. The van der Waals surface area contributed by atoms with Crippen LogP contribution in [0.1, 0.15) is 11.1 Å². The van der Waals surface area contributed by atoms with Gasteiger partial charge in [-0.25, -0.2) is 13.2 Å². The molecule has 0 saturated carbocycles. The Bertz CT molecular complexity index is 602. The number of rotatable bonds is 4. The van der Waals surface area contributed by atoms with Crippen LogP contribution in [0.15, 0.2) is 42.5 Å². The summed E-state index contributed by atoms with van der Waals surface area (Å²) in [4.78, 5) is 0. The standard InChI is InChI=1S/C15H13F3O2/c1-20-9-15(19,10-5-3-2-4-6-10)11-7-8-12(16)14(18)13(11)17/h2-8,19H,9H2,1H3. The first-order chi connectivity index (χ1) is 9.50. The minimum atomic E-state index is -1.89. The zero-order chi connectivity index (χ0) is 14.8. The quantitative estimate of drug-likeness (QED) is 0.874. The van der Waals surface area contributed by atoms with Gasteiger partial charge in [-0.1, -0.05) is 30.3 Å². The molecule has 0 fully saturated rings. The van der Waals surface area contributed by atoms with E-state index < -0.39 is 23.1 Å². The van der Waals surface area contributed by atoms with Gasteiger partial charge in [-0.15, -0.1) is 0 Å². The maximum atomic E-state index is 13.9. The predicted octanol–water partition coefficient (Wildman–Crippen LogP) is 2.99. The second kappa shape index (κ2) is 5.64. The van der Waals surface area contributed by atoms with Crippen LogP contribution in [0.3, 0.4) is 0 Å². The highest BCUT2D eigenvalue weighted by atomic mass is 19.2. The van der Waals surface area contributed by atoms with Gasteiger partial charge < -0.3 is 9.84 Å². The van der Waals surface area contributed by atoms with Crippen LogP contribution in [-0.2, 0) is 10.3 Å². The molecule has 20 heavy (non-hydrogen) atoms. The first-order valence-corrected chi connectivity index (χ1v) is 5.91. The minimum Gasteiger partial charge on any atom is -0.381 e. The van der Waals surface area contributed by atoms with E-state index in [1.807, 2.05) is 0 Å². The van der Waals surface area contributed by atoms with E-state index in [1.165, 1.54) is 7.11 Å². The van der Waals surface area contributed by atoms with Gasteiger partial charge in [0.2, 0.25) is 0 Å². The van der Waals surface area contributed by atoms with Crippen LogP contribution in [0.5, 0.6) is 0 Å². The topological polar surface area (TPSA) is 29.5 Å². The van der Waals surface area contributed by atoms with E-state index in [2.05, 4.69) is 0 Å². The fraction of sp³-hybridized carbons (Fsp3) is 0.200. The van der Waals surface area contributed by atoms with Crippen LogP contribution >= 0.6 is 0 Å². The third kappa shape index (κ3) is 2.42. The van der Waals surface area contributed by atoms with Gasteiger partial charge in [0.1, 0.15) is 5.60 Å². The van der Waals surface area contributed by atoms with Crippen molar-refractivity contribution in [1.82, 2.24) is 0 Å². The molecule has 0 aliphatic heterocycles.